The van der Waals surface area contributed by atoms with Gasteiger partial charge in [0.1, 0.15) is 5.75 Å². The molecule has 18 heavy (non-hydrogen) atoms. The summed E-state index contributed by atoms with van der Waals surface area (Å²) in [4.78, 5) is 16.2. The van der Waals surface area contributed by atoms with E-state index in [9.17, 15) is 4.79 Å². The van der Waals surface area contributed by atoms with Gasteiger partial charge in [0.2, 0.25) is 5.91 Å². The molecular weight excluding hydrogens is 230 g/mol. The number of carbonyl (C=O) groups is 1. The molecule has 0 spiro atoms. The maximum atomic E-state index is 11.6. The molecule has 0 saturated heterocycles. The minimum absolute atomic E-state index is 0.0637. The Balaban J connectivity index is 2.15. The minimum Gasteiger partial charge on any atom is -0.497 e. The van der Waals surface area contributed by atoms with Gasteiger partial charge < -0.3 is 4.74 Å². The highest BCUT2D eigenvalue weighted by Gasteiger charge is 2.22. The monoisotopic (exact) mass is 249 g/mol. The average molecular weight is 249 g/mol. The number of ether oxygens (including phenoxy) is 1. The number of aryl methyl sites for hydroxylation is 1. The van der Waals surface area contributed by atoms with Crippen LogP contribution in [0.1, 0.15) is 36.3 Å². The van der Waals surface area contributed by atoms with Crippen LogP contribution in [0, 0.1) is 0 Å². The molecule has 0 radical (unpaired) electrons. The molecule has 1 aromatic rings. The Morgan fingerprint density at radius 1 is 1.44 bits per heavy atom. The van der Waals surface area contributed by atoms with Gasteiger partial charge >= 0.3 is 0 Å². The van der Waals surface area contributed by atoms with E-state index in [1.54, 1.807) is 7.11 Å². The smallest absolute Gasteiger partial charge is 0.244 e. The highest BCUT2D eigenvalue weighted by atomic mass is 16.6. The van der Waals surface area contributed by atoms with E-state index in [4.69, 9.17) is 4.74 Å². The van der Waals surface area contributed by atoms with Gasteiger partial charge in [-0.25, -0.2) is 5.48 Å². The third-order valence-corrected chi connectivity index (χ3v) is 3.44. The molecule has 1 aromatic carbocycles. The van der Waals surface area contributed by atoms with Crippen molar-refractivity contribution in [1.29, 1.82) is 0 Å². The van der Waals surface area contributed by atoms with Gasteiger partial charge in [-0.05, 0) is 48.4 Å². The van der Waals surface area contributed by atoms with Crippen molar-refractivity contribution in [3.8, 4) is 5.75 Å². The Hall–Kier alpha value is -1.55. The molecule has 1 N–H and O–H groups in total. The molecule has 4 nitrogen and oxygen atoms in total. The van der Waals surface area contributed by atoms with E-state index >= 15 is 0 Å². The molecule has 98 valence electrons. The lowest BCUT2D eigenvalue weighted by Crippen LogP contribution is -2.25. The Bertz CT molecular complexity index is 431. The van der Waals surface area contributed by atoms with Crippen molar-refractivity contribution in [3.63, 3.8) is 0 Å². The molecule has 2 rings (SSSR count). The first-order valence-corrected chi connectivity index (χ1v) is 6.23. The van der Waals surface area contributed by atoms with Gasteiger partial charge in [0.05, 0.1) is 14.2 Å². The van der Waals surface area contributed by atoms with Crippen LogP contribution in [0.4, 0.5) is 0 Å². The Kier molecular flexibility index (Phi) is 4.20. The molecule has 0 bridgehead atoms. The molecular formula is C14H19NO3. The normalized spacial score (nSPS) is 18.0. The van der Waals surface area contributed by atoms with E-state index in [1.165, 1.54) is 18.2 Å². The topological polar surface area (TPSA) is 47.6 Å². The van der Waals surface area contributed by atoms with E-state index in [0.29, 0.717) is 6.42 Å². The number of methoxy groups -OCH3 is 1. The Morgan fingerprint density at radius 2 is 2.28 bits per heavy atom. The van der Waals surface area contributed by atoms with Crippen LogP contribution in [0.15, 0.2) is 18.2 Å². The van der Waals surface area contributed by atoms with Gasteiger partial charge in [-0.15, -0.1) is 0 Å². The third kappa shape index (κ3) is 2.82. The van der Waals surface area contributed by atoms with Gasteiger partial charge in [-0.1, -0.05) is 6.07 Å². The summed E-state index contributed by atoms with van der Waals surface area (Å²) < 4.78 is 5.24. The zero-order chi connectivity index (χ0) is 13.0. The summed E-state index contributed by atoms with van der Waals surface area (Å²) in [5, 5.41) is 0. The van der Waals surface area contributed by atoms with E-state index in [0.717, 1.165) is 25.0 Å². The lowest BCUT2D eigenvalue weighted by molar-refractivity contribution is -0.131. The predicted molar refractivity (Wildman–Crippen MR) is 68.4 cm³/mol. The maximum absolute atomic E-state index is 11.6. The van der Waals surface area contributed by atoms with Crippen molar-refractivity contribution in [2.45, 2.75) is 31.6 Å². The number of amides is 1. The molecule has 1 unspecified atom stereocenters. The summed E-state index contributed by atoms with van der Waals surface area (Å²) in [5.41, 5.74) is 4.96. The van der Waals surface area contributed by atoms with Crippen LogP contribution in [-0.4, -0.2) is 20.1 Å². The number of hydroxylamine groups is 1. The van der Waals surface area contributed by atoms with Crippen molar-refractivity contribution in [3.05, 3.63) is 29.3 Å². The second-order valence-corrected chi connectivity index (χ2v) is 4.59. The van der Waals surface area contributed by atoms with Crippen molar-refractivity contribution in [2.24, 2.45) is 0 Å². The highest BCUT2D eigenvalue weighted by Crippen LogP contribution is 2.35. The summed E-state index contributed by atoms with van der Waals surface area (Å²) in [6, 6.07) is 6.12. The molecule has 1 aliphatic rings. The zero-order valence-corrected chi connectivity index (χ0v) is 10.9. The van der Waals surface area contributed by atoms with Crippen LogP contribution in [0.3, 0.4) is 0 Å². The van der Waals surface area contributed by atoms with E-state index in [-0.39, 0.29) is 11.8 Å². The molecule has 1 amide bonds. The number of rotatable bonds is 4. The largest absolute Gasteiger partial charge is 0.497 e. The maximum Gasteiger partial charge on any atom is 0.244 e. The first kappa shape index (κ1) is 12.9. The van der Waals surface area contributed by atoms with Crippen LogP contribution in [0.2, 0.25) is 0 Å². The number of benzene rings is 1. The van der Waals surface area contributed by atoms with Crippen LogP contribution >= 0.6 is 0 Å². The van der Waals surface area contributed by atoms with Crippen molar-refractivity contribution in [2.75, 3.05) is 14.2 Å². The van der Waals surface area contributed by atoms with Crippen molar-refractivity contribution >= 4 is 5.91 Å². The number of nitrogens with one attached hydrogen (secondary N) is 1. The highest BCUT2D eigenvalue weighted by molar-refractivity contribution is 5.76. The second kappa shape index (κ2) is 5.87. The zero-order valence-electron chi connectivity index (χ0n) is 10.9. The molecule has 1 atom stereocenters. The molecule has 1 aliphatic carbocycles. The Labute approximate surface area is 107 Å². The van der Waals surface area contributed by atoms with Crippen LogP contribution in [0.5, 0.6) is 5.75 Å². The van der Waals surface area contributed by atoms with Gasteiger partial charge in [0.25, 0.3) is 0 Å². The lowest BCUT2D eigenvalue weighted by Gasteiger charge is -2.25. The van der Waals surface area contributed by atoms with Gasteiger partial charge in [-0.2, -0.15) is 0 Å². The van der Waals surface area contributed by atoms with Gasteiger partial charge in [0, 0.05) is 6.42 Å². The molecule has 4 heteroatoms. The van der Waals surface area contributed by atoms with Crippen LogP contribution in [0.25, 0.3) is 0 Å². The molecule has 0 aliphatic heterocycles. The molecule has 0 fully saturated rings. The number of carbonyl (C=O) groups excluding carboxylic acids is 1. The van der Waals surface area contributed by atoms with Gasteiger partial charge in [0.15, 0.2) is 0 Å². The molecule has 0 aromatic heterocycles. The number of hydrogen-bond donors (Lipinski definition) is 1. The first-order valence-electron chi connectivity index (χ1n) is 6.23. The minimum atomic E-state index is -0.0637. The first-order chi connectivity index (χ1) is 8.74. The summed E-state index contributed by atoms with van der Waals surface area (Å²) in [6.45, 7) is 0. The van der Waals surface area contributed by atoms with E-state index in [2.05, 4.69) is 22.5 Å². The summed E-state index contributed by atoms with van der Waals surface area (Å²) in [7, 11) is 3.13. The summed E-state index contributed by atoms with van der Waals surface area (Å²) in [5.74, 6) is 1.11. The average Bonchev–Trinajstić information content (AvgIpc) is 2.38. The fourth-order valence-electron chi connectivity index (χ4n) is 2.61. The quantitative estimate of drug-likeness (QED) is 0.832. The summed E-state index contributed by atoms with van der Waals surface area (Å²) >= 11 is 0. The van der Waals surface area contributed by atoms with E-state index < -0.39 is 0 Å². The number of fused-ring (bicyclic) bond motifs is 1. The SMILES string of the molecule is CONC(=O)CC1CCCc2cc(OC)ccc21. The van der Waals surface area contributed by atoms with E-state index in [1.807, 2.05) is 6.07 Å². The van der Waals surface area contributed by atoms with Crippen LogP contribution in [-0.2, 0) is 16.1 Å². The van der Waals surface area contributed by atoms with Crippen LogP contribution < -0.4 is 10.2 Å². The van der Waals surface area contributed by atoms with Crippen molar-refractivity contribution < 1.29 is 14.4 Å². The standard InChI is InChI=1S/C14H19NO3/c1-17-12-6-7-13-10(8-12)4-3-5-11(13)9-14(16)15-18-2/h6-8,11H,3-5,9H2,1-2H3,(H,15,16). The third-order valence-electron chi connectivity index (χ3n) is 3.44. The predicted octanol–water partition coefficient (Wildman–Crippen LogP) is 2.18. The molecule has 0 saturated carbocycles. The Morgan fingerprint density at radius 3 is 3.00 bits per heavy atom. The lowest BCUT2D eigenvalue weighted by atomic mass is 9.81. The number of hydrogen-bond acceptors (Lipinski definition) is 3. The van der Waals surface area contributed by atoms with Gasteiger partial charge in [-0.3, -0.25) is 9.63 Å². The van der Waals surface area contributed by atoms with Crippen molar-refractivity contribution in [1.82, 2.24) is 5.48 Å². The fourth-order valence-corrected chi connectivity index (χ4v) is 2.61. The molecule has 0 heterocycles. The second-order valence-electron chi connectivity index (χ2n) is 4.59. The fraction of sp³-hybridized carbons (Fsp3) is 0.500. The summed E-state index contributed by atoms with van der Waals surface area (Å²) in [6.07, 6.45) is 3.71.